The molecule has 1 saturated heterocycles. The predicted molar refractivity (Wildman–Crippen MR) is 94.2 cm³/mol. The number of likely N-dealkylation sites (tertiary alicyclic amines) is 1. The molecule has 0 atom stereocenters. The number of rotatable bonds is 8. The molecule has 1 aliphatic rings. The van der Waals surface area contributed by atoms with E-state index in [1.807, 2.05) is 24.3 Å². The van der Waals surface area contributed by atoms with Gasteiger partial charge in [-0.15, -0.1) is 0 Å². The van der Waals surface area contributed by atoms with Crippen molar-refractivity contribution < 1.29 is 19.5 Å². The summed E-state index contributed by atoms with van der Waals surface area (Å²) in [5, 5.41) is 14.3. The summed E-state index contributed by atoms with van der Waals surface area (Å²) in [6.07, 6.45) is 3.56. The van der Waals surface area contributed by atoms with Gasteiger partial charge in [0.1, 0.15) is 0 Å². The summed E-state index contributed by atoms with van der Waals surface area (Å²) in [4.78, 5) is 36.1. The highest BCUT2D eigenvalue weighted by Gasteiger charge is 2.17. The maximum atomic E-state index is 12.1. The number of unbranched alkanes of at least 4 members (excludes halogenated alkanes) is 1. The monoisotopic (exact) mass is 347 g/mol. The van der Waals surface area contributed by atoms with Gasteiger partial charge < -0.3 is 20.6 Å². The minimum Gasteiger partial charge on any atom is -0.481 e. The predicted octanol–water partition coefficient (Wildman–Crippen LogP) is 2.58. The Hall–Kier alpha value is -2.57. The quantitative estimate of drug-likeness (QED) is 0.629. The molecule has 7 nitrogen and oxygen atoms in total. The van der Waals surface area contributed by atoms with Crippen LogP contribution >= 0.6 is 0 Å². The molecule has 0 aliphatic carbocycles. The van der Waals surface area contributed by atoms with E-state index in [4.69, 9.17) is 5.11 Å². The van der Waals surface area contributed by atoms with Gasteiger partial charge in [-0.25, -0.2) is 4.79 Å². The van der Waals surface area contributed by atoms with Crippen LogP contribution < -0.4 is 10.6 Å². The largest absolute Gasteiger partial charge is 0.481 e. The molecule has 25 heavy (non-hydrogen) atoms. The Labute approximate surface area is 147 Å². The van der Waals surface area contributed by atoms with E-state index in [1.165, 1.54) is 0 Å². The van der Waals surface area contributed by atoms with Gasteiger partial charge >= 0.3 is 12.0 Å². The van der Waals surface area contributed by atoms with Crippen molar-refractivity contribution in [3.63, 3.8) is 0 Å². The number of hydrogen-bond acceptors (Lipinski definition) is 3. The first-order valence-electron chi connectivity index (χ1n) is 8.68. The molecule has 1 aromatic carbocycles. The van der Waals surface area contributed by atoms with E-state index in [1.54, 1.807) is 4.90 Å². The van der Waals surface area contributed by atoms with Gasteiger partial charge in [0.05, 0.1) is 0 Å². The van der Waals surface area contributed by atoms with Crippen LogP contribution in [0.15, 0.2) is 24.3 Å². The third kappa shape index (κ3) is 6.82. The Bertz CT molecular complexity index is 612. The molecule has 0 radical (unpaired) electrons. The fourth-order valence-electron chi connectivity index (χ4n) is 2.73. The molecule has 3 amide bonds. The van der Waals surface area contributed by atoms with Gasteiger partial charge in [-0.3, -0.25) is 9.59 Å². The number of urea groups is 1. The normalized spacial score (nSPS) is 13.5. The molecular formula is C18H25N3O4. The zero-order chi connectivity index (χ0) is 18.1. The van der Waals surface area contributed by atoms with Crippen molar-refractivity contribution in [1.29, 1.82) is 0 Å². The number of nitrogens with one attached hydrogen (secondary N) is 2. The van der Waals surface area contributed by atoms with Gasteiger partial charge in [0.25, 0.3) is 0 Å². The second-order valence-corrected chi connectivity index (χ2v) is 6.20. The number of amides is 3. The summed E-state index contributed by atoms with van der Waals surface area (Å²) in [6, 6.07) is 7.31. The average molecular weight is 347 g/mol. The number of carboxylic acid groups (broad SMARTS) is 1. The second-order valence-electron chi connectivity index (χ2n) is 6.20. The number of carboxylic acids is 1. The Kier molecular flexibility index (Phi) is 7.25. The number of aliphatic carboxylic acids is 1. The van der Waals surface area contributed by atoms with Crippen LogP contribution in [-0.4, -0.2) is 41.0 Å². The van der Waals surface area contributed by atoms with Gasteiger partial charge in [0.15, 0.2) is 0 Å². The van der Waals surface area contributed by atoms with Crippen LogP contribution in [0.5, 0.6) is 0 Å². The standard InChI is InChI=1S/C18H25N3O4/c22-16(8-1-2-9-17(23)24)19-13-14-6-5-7-15(12-14)20-18(25)21-10-3-4-11-21/h5-7,12H,1-4,8-11,13H2,(H,19,22)(H,20,25)(H,23,24). The number of nitrogens with zero attached hydrogens (tertiary/aromatic N) is 1. The summed E-state index contributed by atoms with van der Waals surface area (Å²) in [7, 11) is 0. The number of carbonyl (C=O) groups is 3. The molecular weight excluding hydrogens is 322 g/mol. The highest BCUT2D eigenvalue weighted by molar-refractivity contribution is 5.89. The van der Waals surface area contributed by atoms with Gasteiger partial charge in [0, 0.05) is 38.2 Å². The van der Waals surface area contributed by atoms with Crippen LogP contribution in [0.1, 0.15) is 44.1 Å². The molecule has 0 unspecified atom stereocenters. The molecule has 0 saturated carbocycles. The maximum Gasteiger partial charge on any atom is 0.321 e. The lowest BCUT2D eigenvalue weighted by molar-refractivity contribution is -0.137. The highest BCUT2D eigenvalue weighted by Crippen LogP contribution is 2.14. The first-order chi connectivity index (χ1) is 12.0. The lowest BCUT2D eigenvalue weighted by Gasteiger charge is -2.16. The van der Waals surface area contributed by atoms with E-state index < -0.39 is 5.97 Å². The summed E-state index contributed by atoms with van der Waals surface area (Å²) in [5.74, 6) is -0.940. The molecule has 3 N–H and O–H groups in total. The molecule has 1 heterocycles. The molecule has 2 rings (SSSR count). The Morgan fingerprint density at radius 1 is 1.08 bits per heavy atom. The first kappa shape index (κ1) is 18.8. The van der Waals surface area contributed by atoms with Crippen LogP contribution in [0, 0.1) is 0 Å². The molecule has 7 heteroatoms. The summed E-state index contributed by atoms with van der Waals surface area (Å²) < 4.78 is 0. The van der Waals surface area contributed by atoms with E-state index in [0.717, 1.165) is 31.5 Å². The van der Waals surface area contributed by atoms with Crippen LogP contribution in [0.4, 0.5) is 10.5 Å². The van der Waals surface area contributed by atoms with Crippen molar-refractivity contribution in [3.05, 3.63) is 29.8 Å². The van der Waals surface area contributed by atoms with Gasteiger partial charge in [0.2, 0.25) is 5.91 Å². The van der Waals surface area contributed by atoms with Gasteiger partial charge in [-0.1, -0.05) is 12.1 Å². The van der Waals surface area contributed by atoms with E-state index >= 15 is 0 Å². The number of hydrogen-bond donors (Lipinski definition) is 3. The van der Waals surface area contributed by atoms with E-state index in [0.29, 0.717) is 31.5 Å². The number of carbonyl (C=O) groups excluding carboxylic acids is 2. The SMILES string of the molecule is O=C(O)CCCCC(=O)NCc1cccc(NC(=O)N2CCCC2)c1. The topological polar surface area (TPSA) is 98.7 Å². The highest BCUT2D eigenvalue weighted by atomic mass is 16.4. The van der Waals surface area contributed by atoms with Crippen molar-refractivity contribution >= 4 is 23.6 Å². The van der Waals surface area contributed by atoms with Gasteiger partial charge in [-0.2, -0.15) is 0 Å². The summed E-state index contributed by atoms with van der Waals surface area (Å²) >= 11 is 0. The van der Waals surface area contributed by atoms with Crippen LogP contribution in [0.3, 0.4) is 0 Å². The maximum absolute atomic E-state index is 12.1. The molecule has 0 bridgehead atoms. The van der Waals surface area contributed by atoms with Crippen molar-refractivity contribution in [3.8, 4) is 0 Å². The van der Waals surface area contributed by atoms with Crippen molar-refractivity contribution in [1.82, 2.24) is 10.2 Å². The number of benzene rings is 1. The van der Waals surface area contributed by atoms with Crippen molar-refractivity contribution in [2.24, 2.45) is 0 Å². The van der Waals surface area contributed by atoms with Crippen LogP contribution in [0.25, 0.3) is 0 Å². The smallest absolute Gasteiger partial charge is 0.321 e. The first-order valence-corrected chi connectivity index (χ1v) is 8.68. The third-order valence-corrected chi connectivity index (χ3v) is 4.11. The molecule has 1 aliphatic heterocycles. The van der Waals surface area contributed by atoms with E-state index in [-0.39, 0.29) is 18.4 Å². The van der Waals surface area contributed by atoms with Crippen molar-refractivity contribution in [2.45, 2.75) is 45.1 Å². The zero-order valence-electron chi connectivity index (χ0n) is 14.3. The lowest BCUT2D eigenvalue weighted by Crippen LogP contribution is -2.32. The summed E-state index contributed by atoms with van der Waals surface area (Å²) in [5.41, 5.74) is 1.61. The molecule has 1 aromatic rings. The summed E-state index contributed by atoms with van der Waals surface area (Å²) in [6.45, 7) is 1.97. The van der Waals surface area contributed by atoms with E-state index in [9.17, 15) is 14.4 Å². The fraction of sp³-hybridized carbons (Fsp3) is 0.500. The molecule has 136 valence electrons. The Morgan fingerprint density at radius 2 is 1.80 bits per heavy atom. The molecule has 1 fully saturated rings. The fourth-order valence-corrected chi connectivity index (χ4v) is 2.73. The minimum absolute atomic E-state index is 0.0860. The van der Waals surface area contributed by atoms with E-state index in [2.05, 4.69) is 10.6 Å². The Morgan fingerprint density at radius 3 is 2.52 bits per heavy atom. The molecule has 0 spiro atoms. The van der Waals surface area contributed by atoms with Gasteiger partial charge in [-0.05, 0) is 43.4 Å². The molecule has 0 aromatic heterocycles. The second kappa shape index (κ2) is 9.66. The number of anilines is 1. The zero-order valence-corrected chi connectivity index (χ0v) is 14.3. The third-order valence-electron chi connectivity index (χ3n) is 4.11. The minimum atomic E-state index is -0.840. The van der Waals surface area contributed by atoms with Crippen LogP contribution in [0.2, 0.25) is 0 Å². The van der Waals surface area contributed by atoms with Crippen LogP contribution in [-0.2, 0) is 16.1 Å². The lowest BCUT2D eigenvalue weighted by atomic mass is 10.1. The van der Waals surface area contributed by atoms with Crippen molar-refractivity contribution in [2.75, 3.05) is 18.4 Å². The average Bonchev–Trinajstić information content (AvgIpc) is 3.12. The Balaban J connectivity index is 1.74.